The molecule has 0 aromatic rings. The molecule has 1 N–H and O–H groups in total. The maximum Gasteiger partial charge on any atom is 0.305 e. The van der Waals surface area contributed by atoms with Gasteiger partial charge in [0.15, 0.2) is 0 Å². The standard InChI is InChI=1S/C10H21NO3/c1-4-14-10(12)6-5-7-11-8-9(2)13-3/h9,11H,4-8H2,1-3H3. The Balaban J connectivity index is 3.17. The van der Waals surface area contributed by atoms with Crippen LogP contribution in [0.5, 0.6) is 0 Å². The maximum atomic E-state index is 10.9. The first-order valence-corrected chi connectivity index (χ1v) is 5.09. The van der Waals surface area contributed by atoms with E-state index in [0.29, 0.717) is 13.0 Å². The fourth-order valence-electron chi connectivity index (χ4n) is 0.980. The Bertz CT molecular complexity index is 150. The fourth-order valence-corrected chi connectivity index (χ4v) is 0.980. The van der Waals surface area contributed by atoms with Crippen molar-refractivity contribution in [3.05, 3.63) is 0 Å². The Morgan fingerprint density at radius 3 is 2.79 bits per heavy atom. The summed E-state index contributed by atoms with van der Waals surface area (Å²) < 4.78 is 9.86. The van der Waals surface area contributed by atoms with Gasteiger partial charge < -0.3 is 14.8 Å². The molecule has 0 fully saturated rings. The van der Waals surface area contributed by atoms with Gasteiger partial charge in [0, 0.05) is 20.1 Å². The van der Waals surface area contributed by atoms with Crippen LogP contribution in [0, 0.1) is 0 Å². The zero-order valence-corrected chi connectivity index (χ0v) is 9.34. The molecule has 14 heavy (non-hydrogen) atoms. The zero-order valence-electron chi connectivity index (χ0n) is 9.34. The van der Waals surface area contributed by atoms with E-state index < -0.39 is 0 Å². The summed E-state index contributed by atoms with van der Waals surface area (Å²) in [6, 6.07) is 0. The van der Waals surface area contributed by atoms with Crippen LogP contribution in [0.15, 0.2) is 0 Å². The highest BCUT2D eigenvalue weighted by molar-refractivity contribution is 5.69. The maximum absolute atomic E-state index is 10.9. The molecule has 0 aromatic carbocycles. The SMILES string of the molecule is CCOC(=O)CCCNCC(C)OC. The minimum atomic E-state index is -0.117. The van der Waals surface area contributed by atoms with Crippen molar-refractivity contribution in [3.8, 4) is 0 Å². The highest BCUT2D eigenvalue weighted by atomic mass is 16.5. The number of nitrogens with one attached hydrogen (secondary N) is 1. The summed E-state index contributed by atoms with van der Waals surface area (Å²) in [4.78, 5) is 10.9. The van der Waals surface area contributed by atoms with Gasteiger partial charge in [-0.2, -0.15) is 0 Å². The number of carbonyl (C=O) groups excluding carboxylic acids is 1. The second kappa shape index (κ2) is 8.97. The number of rotatable bonds is 8. The van der Waals surface area contributed by atoms with Crippen molar-refractivity contribution >= 4 is 5.97 Å². The van der Waals surface area contributed by atoms with Gasteiger partial charge >= 0.3 is 5.97 Å². The van der Waals surface area contributed by atoms with Crippen molar-refractivity contribution in [3.63, 3.8) is 0 Å². The molecule has 0 aliphatic carbocycles. The largest absolute Gasteiger partial charge is 0.466 e. The molecule has 0 bridgehead atoms. The second-order valence-corrected chi connectivity index (χ2v) is 3.16. The molecule has 1 unspecified atom stereocenters. The quantitative estimate of drug-likeness (QED) is 0.471. The Morgan fingerprint density at radius 1 is 1.50 bits per heavy atom. The van der Waals surface area contributed by atoms with E-state index in [2.05, 4.69) is 5.32 Å². The first kappa shape index (κ1) is 13.4. The Hall–Kier alpha value is -0.610. The Morgan fingerprint density at radius 2 is 2.21 bits per heavy atom. The minimum absolute atomic E-state index is 0.117. The van der Waals surface area contributed by atoms with Gasteiger partial charge in [-0.3, -0.25) is 4.79 Å². The molecule has 0 saturated heterocycles. The van der Waals surface area contributed by atoms with Gasteiger partial charge in [-0.05, 0) is 26.8 Å². The molecule has 4 nitrogen and oxygen atoms in total. The molecule has 0 aliphatic heterocycles. The molecule has 0 radical (unpaired) electrons. The van der Waals surface area contributed by atoms with Crippen molar-refractivity contribution in [2.24, 2.45) is 0 Å². The van der Waals surface area contributed by atoms with Gasteiger partial charge in [0.2, 0.25) is 0 Å². The van der Waals surface area contributed by atoms with Gasteiger partial charge in [0.05, 0.1) is 12.7 Å². The first-order valence-electron chi connectivity index (χ1n) is 5.09. The van der Waals surface area contributed by atoms with Crippen LogP contribution in [-0.4, -0.2) is 38.9 Å². The van der Waals surface area contributed by atoms with Crippen molar-refractivity contribution in [2.45, 2.75) is 32.8 Å². The number of hydrogen-bond donors (Lipinski definition) is 1. The average Bonchev–Trinajstić information content (AvgIpc) is 2.17. The summed E-state index contributed by atoms with van der Waals surface area (Å²) in [6.45, 7) is 5.92. The van der Waals surface area contributed by atoms with E-state index in [1.807, 2.05) is 13.8 Å². The number of methoxy groups -OCH3 is 1. The van der Waals surface area contributed by atoms with Crippen LogP contribution in [0.3, 0.4) is 0 Å². The normalized spacial score (nSPS) is 12.5. The van der Waals surface area contributed by atoms with Gasteiger partial charge in [0.25, 0.3) is 0 Å². The molecule has 0 aromatic heterocycles. The van der Waals surface area contributed by atoms with E-state index >= 15 is 0 Å². The average molecular weight is 203 g/mol. The summed E-state index contributed by atoms with van der Waals surface area (Å²) in [5, 5.41) is 3.20. The molecule has 0 rings (SSSR count). The third-order valence-corrected chi connectivity index (χ3v) is 1.87. The molecule has 0 aliphatic rings. The van der Waals surface area contributed by atoms with Gasteiger partial charge in [-0.15, -0.1) is 0 Å². The Labute approximate surface area is 86.0 Å². The highest BCUT2D eigenvalue weighted by Gasteiger charge is 2.01. The summed E-state index contributed by atoms with van der Waals surface area (Å²) in [5.74, 6) is -0.117. The number of hydrogen-bond acceptors (Lipinski definition) is 4. The van der Waals surface area contributed by atoms with Crippen molar-refractivity contribution in [1.29, 1.82) is 0 Å². The highest BCUT2D eigenvalue weighted by Crippen LogP contribution is 1.91. The van der Waals surface area contributed by atoms with Crippen LogP contribution < -0.4 is 5.32 Å². The minimum Gasteiger partial charge on any atom is -0.466 e. The van der Waals surface area contributed by atoms with Gasteiger partial charge in [-0.1, -0.05) is 0 Å². The van der Waals surface area contributed by atoms with E-state index in [-0.39, 0.29) is 12.1 Å². The molecule has 0 spiro atoms. The number of esters is 1. The molecular formula is C10H21NO3. The third-order valence-electron chi connectivity index (χ3n) is 1.87. The molecule has 0 heterocycles. The van der Waals surface area contributed by atoms with Crippen molar-refractivity contribution < 1.29 is 14.3 Å². The lowest BCUT2D eigenvalue weighted by molar-refractivity contribution is -0.143. The molecule has 0 amide bonds. The van der Waals surface area contributed by atoms with E-state index in [0.717, 1.165) is 19.5 Å². The van der Waals surface area contributed by atoms with Crippen LogP contribution in [0.25, 0.3) is 0 Å². The first-order chi connectivity index (χ1) is 6.70. The Kier molecular flexibility index (Phi) is 8.57. The van der Waals surface area contributed by atoms with Crippen molar-refractivity contribution in [2.75, 3.05) is 26.8 Å². The summed E-state index contributed by atoms with van der Waals surface area (Å²) in [6.07, 6.45) is 1.52. The molecule has 1 atom stereocenters. The second-order valence-electron chi connectivity index (χ2n) is 3.16. The lowest BCUT2D eigenvalue weighted by Crippen LogP contribution is -2.27. The zero-order chi connectivity index (χ0) is 10.8. The summed E-state index contributed by atoms with van der Waals surface area (Å²) >= 11 is 0. The topological polar surface area (TPSA) is 47.6 Å². The van der Waals surface area contributed by atoms with Gasteiger partial charge in [-0.25, -0.2) is 0 Å². The van der Waals surface area contributed by atoms with Crippen LogP contribution in [0.1, 0.15) is 26.7 Å². The van der Waals surface area contributed by atoms with E-state index in [1.54, 1.807) is 7.11 Å². The third kappa shape index (κ3) is 8.01. The molecule has 4 heteroatoms. The van der Waals surface area contributed by atoms with E-state index in [1.165, 1.54) is 0 Å². The summed E-state index contributed by atoms with van der Waals surface area (Å²) in [7, 11) is 1.69. The van der Waals surface area contributed by atoms with Crippen LogP contribution in [-0.2, 0) is 14.3 Å². The predicted octanol–water partition coefficient (Wildman–Crippen LogP) is 0.954. The van der Waals surface area contributed by atoms with Crippen LogP contribution in [0.2, 0.25) is 0 Å². The predicted molar refractivity (Wildman–Crippen MR) is 55.2 cm³/mol. The number of carbonyl (C=O) groups is 1. The van der Waals surface area contributed by atoms with E-state index in [9.17, 15) is 4.79 Å². The van der Waals surface area contributed by atoms with Crippen molar-refractivity contribution in [1.82, 2.24) is 5.32 Å². The van der Waals surface area contributed by atoms with Crippen LogP contribution >= 0.6 is 0 Å². The van der Waals surface area contributed by atoms with E-state index in [4.69, 9.17) is 9.47 Å². The van der Waals surface area contributed by atoms with Gasteiger partial charge in [0.1, 0.15) is 0 Å². The monoisotopic (exact) mass is 203 g/mol. The summed E-state index contributed by atoms with van der Waals surface area (Å²) in [5.41, 5.74) is 0. The smallest absolute Gasteiger partial charge is 0.305 e. The lowest BCUT2D eigenvalue weighted by atomic mass is 10.3. The molecule has 0 saturated carbocycles. The van der Waals surface area contributed by atoms with Crippen LogP contribution in [0.4, 0.5) is 0 Å². The fraction of sp³-hybridized carbons (Fsp3) is 0.900. The molecular weight excluding hydrogens is 182 g/mol. The number of ether oxygens (including phenoxy) is 2. The molecule has 84 valence electrons. The lowest BCUT2D eigenvalue weighted by Gasteiger charge is -2.10.